The maximum atomic E-state index is 15.1. The molecule has 2 aromatic carbocycles. The highest BCUT2D eigenvalue weighted by Gasteiger charge is 2.50. The molecule has 1 saturated carbocycles. The van der Waals surface area contributed by atoms with Crippen molar-refractivity contribution < 1.29 is 28.5 Å². The summed E-state index contributed by atoms with van der Waals surface area (Å²) in [7, 11) is 0. The number of phenols is 1. The second-order valence-corrected chi connectivity index (χ2v) is 8.90. The number of nitrogens with one attached hydrogen (secondary N) is 1. The van der Waals surface area contributed by atoms with Crippen LogP contribution < -0.4 is 5.32 Å². The van der Waals surface area contributed by atoms with Gasteiger partial charge in [-0.3, -0.25) is 4.79 Å². The third kappa shape index (κ3) is 3.99. The molecule has 3 aromatic rings. The van der Waals surface area contributed by atoms with Crippen LogP contribution in [-0.4, -0.2) is 40.9 Å². The Hall–Kier alpha value is -3.26. The van der Waals surface area contributed by atoms with Gasteiger partial charge >= 0.3 is 5.97 Å². The largest absolute Gasteiger partial charge is 0.508 e. The van der Waals surface area contributed by atoms with Gasteiger partial charge in [0, 0.05) is 54.0 Å². The number of pyridine rings is 1. The smallest absolute Gasteiger partial charge is 0.311 e. The first-order valence-corrected chi connectivity index (χ1v) is 11.0. The Bertz CT molecular complexity index is 1240. The summed E-state index contributed by atoms with van der Waals surface area (Å²) >= 11 is 0. The number of aromatic nitrogens is 1. The van der Waals surface area contributed by atoms with E-state index in [0.717, 1.165) is 11.6 Å². The number of aliphatic carboxylic acids is 1. The molecule has 8 heteroatoms. The molecule has 5 rings (SSSR count). The second kappa shape index (κ2) is 8.26. The standard InChI is InChI=1S/C25H24F2N2O4/c26-15-1-3-17(19(27)11-15)22-18-4-2-16(30)12-20(18)29-23(21(22)14-5-9-33-10-6-14)28-13-25(7-8-25)24(31)32/h1-4,11-12,14,30H,5-10,13H2,(H,28,29)(H,31,32). The van der Waals surface area contributed by atoms with Gasteiger partial charge in [0.05, 0.1) is 10.9 Å². The van der Waals surface area contributed by atoms with Gasteiger partial charge in [0.1, 0.15) is 23.2 Å². The molecule has 1 aromatic heterocycles. The fourth-order valence-electron chi connectivity index (χ4n) is 4.64. The highest BCUT2D eigenvalue weighted by atomic mass is 19.1. The van der Waals surface area contributed by atoms with Crippen molar-refractivity contribution in [2.24, 2.45) is 5.41 Å². The SMILES string of the molecule is O=C(O)C1(CNc2nc3cc(O)ccc3c(-c3ccc(F)cc3F)c2C2CCOCC2)CC1. The van der Waals surface area contributed by atoms with Gasteiger partial charge in [-0.2, -0.15) is 0 Å². The van der Waals surface area contributed by atoms with E-state index in [1.54, 1.807) is 6.07 Å². The number of halogens is 2. The minimum atomic E-state index is -0.856. The van der Waals surface area contributed by atoms with E-state index in [-0.39, 0.29) is 23.8 Å². The van der Waals surface area contributed by atoms with Crippen molar-refractivity contribution in [1.29, 1.82) is 0 Å². The molecule has 172 valence electrons. The van der Waals surface area contributed by atoms with Gasteiger partial charge in [0.2, 0.25) is 0 Å². The minimum Gasteiger partial charge on any atom is -0.508 e. The molecule has 1 aliphatic heterocycles. The predicted molar refractivity (Wildman–Crippen MR) is 119 cm³/mol. The fourth-order valence-corrected chi connectivity index (χ4v) is 4.64. The Balaban J connectivity index is 1.74. The maximum absolute atomic E-state index is 15.1. The van der Waals surface area contributed by atoms with Crippen molar-refractivity contribution in [1.82, 2.24) is 4.98 Å². The molecule has 2 aliphatic rings. The molecule has 0 radical (unpaired) electrons. The maximum Gasteiger partial charge on any atom is 0.311 e. The van der Waals surface area contributed by atoms with Crippen molar-refractivity contribution in [2.75, 3.05) is 25.1 Å². The van der Waals surface area contributed by atoms with Gasteiger partial charge in [-0.1, -0.05) is 0 Å². The number of benzene rings is 2. The molecule has 33 heavy (non-hydrogen) atoms. The predicted octanol–water partition coefficient (Wildman–Crippen LogP) is 5.06. The summed E-state index contributed by atoms with van der Waals surface area (Å²) in [6, 6.07) is 8.17. The van der Waals surface area contributed by atoms with Crippen LogP contribution in [0, 0.1) is 17.0 Å². The van der Waals surface area contributed by atoms with Gasteiger partial charge in [-0.25, -0.2) is 13.8 Å². The van der Waals surface area contributed by atoms with Crippen molar-refractivity contribution in [3.63, 3.8) is 0 Å². The zero-order valence-corrected chi connectivity index (χ0v) is 17.9. The summed E-state index contributed by atoms with van der Waals surface area (Å²) in [5.41, 5.74) is 1.19. The molecule has 0 spiro atoms. The molecule has 0 bridgehead atoms. The van der Waals surface area contributed by atoms with Crippen molar-refractivity contribution in [3.05, 3.63) is 53.6 Å². The van der Waals surface area contributed by atoms with Crippen LogP contribution in [0.3, 0.4) is 0 Å². The van der Waals surface area contributed by atoms with Crippen LogP contribution in [0.5, 0.6) is 5.75 Å². The Morgan fingerprint density at radius 2 is 1.91 bits per heavy atom. The number of anilines is 1. The first kappa shape index (κ1) is 21.6. The summed E-state index contributed by atoms with van der Waals surface area (Å²) in [4.78, 5) is 16.5. The number of ether oxygens (including phenoxy) is 1. The van der Waals surface area contributed by atoms with E-state index in [1.807, 2.05) is 0 Å². The van der Waals surface area contributed by atoms with Crippen LogP contribution in [0.25, 0.3) is 22.0 Å². The fraction of sp³-hybridized carbons (Fsp3) is 0.360. The van der Waals surface area contributed by atoms with Crippen LogP contribution in [-0.2, 0) is 9.53 Å². The van der Waals surface area contributed by atoms with Crippen LogP contribution >= 0.6 is 0 Å². The summed E-state index contributed by atoms with van der Waals surface area (Å²) in [6.07, 6.45) is 2.55. The summed E-state index contributed by atoms with van der Waals surface area (Å²) < 4.78 is 34.3. The number of carboxylic acid groups (broad SMARTS) is 1. The van der Waals surface area contributed by atoms with E-state index in [1.165, 1.54) is 24.3 Å². The normalized spacial score (nSPS) is 17.8. The van der Waals surface area contributed by atoms with Crippen molar-refractivity contribution in [2.45, 2.75) is 31.6 Å². The van der Waals surface area contributed by atoms with Gasteiger partial charge < -0.3 is 20.3 Å². The number of phenolic OH excluding ortho intramolecular Hbond substituents is 1. The van der Waals surface area contributed by atoms with E-state index >= 15 is 4.39 Å². The monoisotopic (exact) mass is 454 g/mol. The van der Waals surface area contributed by atoms with Gasteiger partial charge in [0.25, 0.3) is 0 Å². The summed E-state index contributed by atoms with van der Waals surface area (Å²) in [5.74, 6) is -1.76. The first-order valence-electron chi connectivity index (χ1n) is 11.0. The first-order chi connectivity index (χ1) is 15.9. The third-order valence-corrected chi connectivity index (χ3v) is 6.74. The number of rotatable bonds is 6. The Morgan fingerprint density at radius 1 is 1.15 bits per heavy atom. The number of hydrogen-bond donors (Lipinski definition) is 3. The third-order valence-electron chi connectivity index (χ3n) is 6.74. The van der Waals surface area contributed by atoms with Crippen LogP contribution in [0.4, 0.5) is 14.6 Å². The molecule has 1 aliphatic carbocycles. The Kier molecular flexibility index (Phi) is 5.40. The molecule has 0 amide bonds. The number of carbonyl (C=O) groups is 1. The average Bonchev–Trinajstić information content (AvgIpc) is 3.59. The number of fused-ring (bicyclic) bond motifs is 1. The van der Waals surface area contributed by atoms with E-state index in [4.69, 9.17) is 9.72 Å². The van der Waals surface area contributed by atoms with E-state index in [9.17, 15) is 19.4 Å². The molecule has 1 saturated heterocycles. The molecule has 2 heterocycles. The number of carboxylic acids is 1. The van der Waals surface area contributed by atoms with Crippen LogP contribution in [0.2, 0.25) is 0 Å². The van der Waals surface area contributed by atoms with Crippen LogP contribution in [0.1, 0.15) is 37.2 Å². The van der Waals surface area contributed by atoms with Crippen LogP contribution in [0.15, 0.2) is 36.4 Å². The molecular formula is C25H24F2N2O4. The lowest BCUT2D eigenvalue weighted by molar-refractivity contribution is -0.142. The topological polar surface area (TPSA) is 91.7 Å². The highest BCUT2D eigenvalue weighted by Crippen LogP contribution is 2.48. The molecular weight excluding hydrogens is 430 g/mol. The Morgan fingerprint density at radius 3 is 2.58 bits per heavy atom. The molecule has 3 N–H and O–H groups in total. The Labute approximate surface area is 189 Å². The molecule has 2 fully saturated rings. The molecule has 6 nitrogen and oxygen atoms in total. The molecule has 0 unspecified atom stereocenters. The lowest BCUT2D eigenvalue weighted by atomic mass is 9.84. The van der Waals surface area contributed by atoms with E-state index < -0.39 is 23.0 Å². The number of hydrogen-bond acceptors (Lipinski definition) is 5. The molecule has 0 atom stereocenters. The van der Waals surface area contributed by atoms with E-state index in [2.05, 4.69) is 5.32 Å². The van der Waals surface area contributed by atoms with Crippen molar-refractivity contribution in [3.8, 4) is 16.9 Å². The quantitative estimate of drug-likeness (QED) is 0.483. The van der Waals surface area contributed by atoms with Gasteiger partial charge in [-0.15, -0.1) is 0 Å². The van der Waals surface area contributed by atoms with Gasteiger partial charge in [0.15, 0.2) is 0 Å². The van der Waals surface area contributed by atoms with Crippen molar-refractivity contribution >= 4 is 22.7 Å². The lowest BCUT2D eigenvalue weighted by Crippen LogP contribution is -2.26. The zero-order chi connectivity index (χ0) is 23.2. The number of nitrogens with zero attached hydrogens (tertiary/aromatic N) is 1. The highest BCUT2D eigenvalue weighted by molar-refractivity contribution is 5.99. The van der Waals surface area contributed by atoms with E-state index in [0.29, 0.717) is 61.2 Å². The lowest BCUT2D eigenvalue weighted by Gasteiger charge is -2.28. The number of aromatic hydroxyl groups is 1. The summed E-state index contributed by atoms with van der Waals surface area (Å²) in [6.45, 7) is 1.28. The average molecular weight is 454 g/mol. The van der Waals surface area contributed by atoms with Gasteiger partial charge in [-0.05, 0) is 55.9 Å². The summed E-state index contributed by atoms with van der Waals surface area (Å²) in [5, 5.41) is 23.5. The minimum absolute atomic E-state index is 0.00797. The zero-order valence-electron chi connectivity index (χ0n) is 17.9. The second-order valence-electron chi connectivity index (χ2n) is 8.90.